The van der Waals surface area contributed by atoms with Crippen LogP contribution in [0.2, 0.25) is 0 Å². The molecule has 2 saturated heterocycles. The van der Waals surface area contributed by atoms with Gasteiger partial charge in [0, 0.05) is 12.6 Å². The van der Waals surface area contributed by atoms with Crippen molar-refractivity contribution in [1.82, 2.24) is 4.31 Å². The van der Waals surface area contributed by atoms with Crippen molar-refractivity contribution < 1.29 is 8.42 Å². The molecule has 2 aliphatic heterocycles. The first-order valence-electron chi connectivity index (χ1n) is 8.37. The van der Waals surface area contributed by atoms with Crippen molar-refractivity contribution in [2.75, 3.05) is 12.7 Å². The smallest absolute Gasteiger partial charge is 0.207 e. The maximum absolute atomic E-state index is 13.0. The van der Waals surface area contributed by atoms with Crippen LogP contribution in [0.25, 0.3) is 0 Å². The number of fused-ring (bicyclic) bond motifs is 2. The lowest BCUT2D eigenvalue weighted by Gasteiger charge is -2.31. The van der Waals surface area contributed by atoms with E-state index in [1.54, 1.807) is 16.4 Å². The number of rotatable bonds is 3. The van der Waals surface area contributed by atoms with Crippen molar-refractivity contribution >= 4 is 23.2 Å². The van der Waals surface area contributed by atoms with Crippen LogP contribution in [0.3, 0.4) is 0 Å². The minimum absolute atomic E-state index is 0.175. The fourth-order valence-corrected chi connectivity index (χ4v) is 8.86. The Morgan fingerprint density at radius 3 is 2.08 bits per heavy atom. The highest BCUT2D eigenvalue weighted by Gasteiger charge is 2.49. The van der Waals surface area contributed by atoms with Gasteiger partial charge in [0.15, 0.2) is 0 Å². The third-order valence-corrected chi connectivity index (χ3v) is 10.1. The van der Waals surface area contributed by atoms with Gasteiger partial charge in [-0.05, 0) is 49.5 Å². The number of benzene rings is 2. The number of hydrogen-bond acceptors (Lipinski definition) is 2. The summed E-state index contributed by atoms with van der Waals surface area (Å²) in [4.78, 5) is 0.431. The van der Waals surface area contributed by atoms with E-state index in [2.05, 4.69) is 31.2 Å². The Labute approximate surface area is 145 Å². The highest BCUT2D eigenvalue weighted by Crippen LogP contribution is 2.55. The van der Waals surface area contributed by atoms with Gasteiger partial charge in [-0.25, -0.2) is 8.42 Å². The molecular weight excluding hydrogens is 337 g/mol. The quantitative estimate of drug-likeness (QED) is 0.789. The van der Waals surface area contributed by atoms with Gasteiger partial charge in [-0.3, -0.25) is 0 Å². The lowest BCUT2D eigenvalue weighted by atomic mass is 10.2. The van der Waals surface area contributed by atoms with Gasteiger partial charge in [-0.1, -0.05) is 55.4 Å². The maximum atomic E-state index is 13.0. The number of hydrogen-bond donors (Lipinski definition) is 0. The Morgan fingerprint density at radius 1 is 0.958 bits per heavy atom. The zero-order chi connectivity index (χ0) is 16.9. The molecule has 0 saturated carbocycles. The zero-order valence-corrected chi connectivity index (χ0v) is 15.7. The Hall–Kier alpha value is -1.22. The van der Waals surface area contributed by atoms with Gasteiger partial charge in [-0.2, -0.15) is 4.31 Å². The molecule has 4 rings (SSSR count). The largest absolute Gasteiger partial charge is 0.243 e. The number of nitrogens with zero attached hydrogens (tertiary/aromatic N) is 1. The van der Waals surface area contributed by atoms with Crippen molar-refractivity contribution in [3.05, 3.63) is 59.7 Å². The van der Waals surface area contributed by atoms with Gasteiger partial charge >= 0.3 is 0 Å². The molecule has 3 atom stereocenters. The van der Waals surface area contributed by atoms with E-state index in [4.69, 9.17) is 0 Å². The molecule has 3 nitrogen and oxygen atoms in total. The first-order valence-corrected chi connectivity index (χ1v) is 11.4. The summed E-state index contributed by atoms with van der Waals surface area (Å²) >= 11 is 0. The van der Waals surface area contributed by atoms with Gasteiger partial charge in [0.2, 0.25) is 10.0 Å². The average molecular weight is 359 g/mol. The first kappa shape index (κ1) is 16.3. The predicted octanol–water partition coefficient (Wildman–Crippen LogP) is 3.26. The van der Waals surface area contributed by atoms with Gasteiger partial charge in [0.25, 0.3) is 0 Å². The summed E-state index contributed by atoms with van der Waals surface area (Å²) < 4.78 is 27.7. The summed E-state index contributed by atoms with van der Waals surface area (Å²) in [6, 6.07) is 16.2. The highest BCUT2D eigenvalue weighted by atomic mass is 32.2. The normalized spacial score (nSPS) is 26.8. The molecule has 2 heterocycles. The van der Waals surface area contributed by atoms with Crippen LogP contribution in [0.15, 0.2) is 53.4 Å². The second-order valence-corrected chi connectivity index (χ2v) is 11.4. The second-order valence-electron chi connectivity index (χ2n) is 6.92. The van der Waals surface area contributed by atoms with Gasteiger partial charge in [0.1, 0.15) is 0 Å². The summed E-state index contributed by atoms with van der Waals surface area (Å²) in [7, 11) is -3.58. The molecule has 24 heavy (non-hydrogen) atoms. The molecule has 0 spiro atoms. The van der Waals surface area contributed by atoms with Crippen molar-refractivity contribution in [3.8, 4) is 0 Å². The molecule has 0 aromatic heterocycles. The Kier molecular flexibility index (Phi) is 4.03. The SMILES string of the molecule is Cc1ccc([P@]2CC3C[C@H]2CN3S(=O)(=O)c2ccc(C)cc2)cc1. The molecule has 0 amide bonds. The molecule has 1 unspecified atom stereocenters. The van der Waals surface area contributed by atoms with Crippen LogP contribution in [-0.2, 0) is 10.0 Å². The predicted molar refractivity (Wildman–Crippen MR) is 99.9 cm³/mol. The van der Waals surface area contributed by atoms with Gasteiger partial charge in [0.05, 0.1) is 4.90 Å². The van der Waals surface area contributed by atoms with Gasteiger partial charge in [-0.15, -0.1) is 0 Å². The molecule has 126 valence electrons. The molecule has 5 heteroatoms. The van der Waals surface area contributed by atoms with Crippen LogP contribution < -0.4 is 5.30 Å². The third kappa shape index (κ3) is 2.71. The fraction of sp³-hybridized carbons (Fsp3) is 0.368. The lowest BCUT2D eigenvalue weighted by Crippen LogP contribution is -2.40. The van der Waals surface area contributed by atoms with Crippen molar-refractivity contribution in [1.29, 1.82) is 0 Å². The topological polar surface area (TPSA) is 37.4 Å². The van der Waals surface area contributed by atoms with Crippen LogP contribution >= 0.6 is 7.92 Å². The van der Waals surface area contributed by atoms with Crippen molar-refractivity contribution in [2.24, 2.45) is 0 Å². The number of sulfonamides is 1. The van der Waals surface area contributed by atoms with E-state index in [9.17, 15) is 8.42 Å². The second kappa shape index (κ2) is 5.94. The minimum Gasteiger partial charge on any atom is -0.207 e. The van der Waals surface area contributed by atoms with E-state index in [0.717, 1.165) is 18.1 Å². The van der Waals surface area contributed by atoms with E-state index in [-0.39, 0.29) is 14.0 Å². The molecule has 0 aliphatic carbocycles. The standard InChI is InChI=1S/C19H22NO2PS/c1-14-3-7-17(8-4-14)23-13-16-11-18(23)12-20(16)24(21,22)19-9-5-15(2)6-10-19/h3-10,16,18H,11-13H2,1-2H3/t16?,18-,23-/m0/s1. The average Bonchev–Trinajstić information content (AvgIpc) is 3.17. The molecule has 0 radical (unpaired) electrons. The Balaban J connectivity index is 1.55. The highest BCUT2D eigenvalue weighted by molar-refractivity contribution is 7.89. The van der Waals surface area contributed by atoms with Crippen LogP contribution in [0.5, 0.6) is 0 Å². The van der Waals surface area contributed by atoms with Crippen LogP contribution in [-0.4, -0.2) is 37.1 Å². The zero-order valence-electron chi connectivity index (χ0n) is 14.0. The maximum Gasteiger partial charge on any atom is 0.243 e. The summed E-state index contributed by atoms with van der Waals surface area (Å²) in [5, 5.41) is 1.43. The monoisotopic (exact) mass is 359 g/mol. The minimum atomic E-state index is -3.35. The summed E-state index contributed by atoms with van der Waals surface area (Å²) in [5.74, 6) is 0. The first-order chi connectivity index (χ1) is 11.4. The molecule has 2 aromatic rings. The molecule has 0 N–H and O–H groups in total. The van der Waals surface area contributed by atoms with Crippen molar-refractivity contribution in [3.63, 3.8) is 0 Å². The fourth-order valence-electron chi connectivity index (χ4n) is 3.82. The van der Waals surface area contributed by atoms with E-state index in [1.807, 2.05) is 19.1 Å². The Bertz CT molecular complexity index is 846. The molecule has 2 bridgehead atoms. The van der Waals surface area contributed by atoms with E-state index >= 15 is 0 Å². The summed E-state index contributed by atoms with van der Waals surface area (Å²) in [6.45, 7) is 4.76. The van der Waals surface area contributed by atoms with Gasteiger partial charge < -0.3 is 0 Å². The number of aryl methyl sites for hydroxylation is 2. The molecule has 2 aliphatic rings. The van der Waals surface area contributed by atoms with E-state index in [0.29, 0.717) is 17.1 Å². The molecule has 2 aromatic carbocycles. The van der Waals surface area contributed by atoms with E-state index < -0.39 is 10.0 Å². The molecule has 2 fully saturated rings. The lowest BCUT2D eigenvalue weighted by molar-refractivity contribution is 0.408. The molecular formula is C19H22NO2PS. The Morgan fingerprint density at radius 2 is 1.54 bits per heavy atom. The van der Waals surface area contributed by atoms with Crippen LogP contribution in [0, 0.1) is 13.8 Å². The van der Waals surface area contributed by atoms with E-state index in [1.165, 1.54) is 10.9 Å². The third-order valence-electron chi connectivity index (χ3n) is 5.18. The summed E-state index contributed by atoms with van der Waals surface area (Å²) in [6.07, 6.45) is 2.03. The summed E-state index contributed by atoms with van der Waals surface area (Å²) in [5.41, 5.74) is 2.87. The van der Waals surface area contributed by atoms with Crippen molar-refractivity contribution in [2.45, 2.75) is 36.9 Å². The van der Waals surface area contributed by atoms with Crippen LogP contribution in [0.4, 0.5) is 0 Å². The van der Waals surface area contributed by atoms with Crippen LogP contribution in [0.1, 0.15) is 17.5 Å².